The van der Waals surface area contributed by atoms with Crippen LogP contribution in [0.4, 0.5) is 0 Å². The van der Waals surface area contributed by atoms with Crippen molar-refractivity contribution in [3.63, 3.8) is 0 Å². The Hall–Kier alpha value is -2.17. The van der Waals surface area contributed by atoms with Gasteiger partial charge in [0.25, 0.3) is 5.91 Å². The number of hydrogen-bond donors (Lipinski definition) is 1. The average molecular weight is 343 g/mol. The van der Waals surface area contributed by atoms with Crippen LogP contribution in [-0.4, -0.2) is 11.6 Å². The fourth-order valence-electron chi connectivity index (χ4n) is 2.20. The number of fused-ring (bicyclic) bond motifs is 1. The molecule has 0 aliphatic carbocycles. The van der Waals surface area contributed by atoms with Gasteiger partial charge in [-0.05, 0) is 25.5 Å². The highest BCUT2D eigenvalue weighted by molar-refractivity contribution is 7.21. The number of benzene rings is 2. The van der Waals surface area contributed by atoms with Crippen molar-refractivity contribution in [3.8, 4) is 0 Å². The molecule has 0 saturated carbocycles. The van der Waals surface area contributed by atoms with E-state index in [0.29, 0.717) is 9.90 Å². The quantitative estimate of drug-likeness (QED) is 0.527. The van der Waals surface area contributed by atoms with Crippen molar-refractivity contribution < 1.29 is 4.79 Å². The SMILES string of the molecule is C/C(=N/NC(=O)c1sc2ccccc2c1Cl)c1ccc(C)cc1. The number of aryl methyl sites for hydroxylation is 1. The van der Waals surface area contributed by atoms with Gasteiger partial charge in [-0.3, -0.25) is 4.79 Å². The second-order valence-corrected chi connectivity index (χ2v) is 6.68. The lowest BCUT2D eigenvalue weighted by molar-refractivity contribution is 0.0959. The molecule has 3 rings (SSSR count). The maximum atomic E-state index is 12.3. The largest absolute Gasteiger partial charge is 0.283 e. The molecule has 0 spiro atoms. The summed E-state index contributed by atoms with van der Waals surface area (Å²) >= 11 is 7.67. The smallest absolute Gasteiger partial charge is 0.266 e. The number of carbonyl (C=O) groups is 1. The molecule has 0 aliphatic rings. The molecule has 1 amide bonds. The van der Waals surface area contributed by atoms with Gasteiger partial charge in [0.1, 0.15) is 4.88 Å². The van der Waals surface area contributed by atoms with Crippen LogP contribution in [0.15, 0.2) is 53.6 Å². The first-order valence-corrected chi connectivity index (χ1v) is 8.34. The van der Waals surface area contributed by atoms with Gasteiger partial charge < -0.3 is 0 Å². The van der Waals surface area contributed by atoms with Crippen molar-refractivity contribution in [2.75, 3.05) is 0 Å². The molecule has 116 valence electrons. The van der Waals surface area contributed by atoms with Crippen LogP contribution in [0, 0.1) is 6.92 Å². The molecule has 2 aromatic carbocycles. The van der Waals surface area contributed by atoms with Crippen molar-refractivity contribution in [2.45, 2.75) is 13.8 Å². The number of amides is 1. The van der Waals surface area contributed by atoms with Crippen LogP contribution in [0.5, 0.6) is 0 Å². The predicted octanol–water partition coefficient (Wildman–Crippen LogP) is 5.02. The number of thiophene rings is 1. The Morgan fingerprint density at radius 2 is 1.83 bits per heavy atom. The van der Waals surface area contributed by atoms with Gasteiger partial charge >= 0.3 is 0 Å². The van der Waals surface area contributed by atoms with Gasteiger partial charge in [-0.15, -0.1) is 11.3 Å². The number of hydrogen-bond acceptors (Lipinski definition) is 3. The van der Waals surface area contributed by atoms with E-state index in [4.69, 9.17) is 11.6 Å². The van der Waals surface area contributed by atoms with Crippen LogP contribution >= 0.6 is 22.9 Å². The molecule has 0 saturated heterocycles. The standard InChI is InChI=1S/C18H15ClN2OS/c1-11-7-9-13(10-8-11)12(2)20-21-18(22)17-16(19)14-5-3-4-6-15(14)23-17/h3-10H,1-2H3,(H,21,22)/b20-12-. The summed E-state index contributed by atoms with van der Waals surface area (Å²) in [5.74, 6) is -0.289. The van der Waals surface area contributed by atoms with E-state index < -0.39 is 0 Å². The average Bonchev–Trinajstić information content (AvgIpc) is 2.90. The van der Waals surface area contributed by atoms with Gasteiger partial charge in [0.2, 0.25) is 0 Å². The van der Waals surface area contributed by atoms with E-state index in [9.17, 15) is 4.79 Å². The topological polar surface area (TPSA) is 41.5 Å². The maximum Gasteiger partial charge on any atom is 0.283 e. The monoisotopic (exact) mass is 342 g/mol. The van der Waals surface area contributed by atoms with Gasteiger partial charge in [-0.2, -0.15) is 5.10 Å². The molecule has 0 bridgehead atoms. The molecule has 3 aromatic rings. The van der Waals surface area contributed by atoms with E-state index in [1.807, 2.05) is 62.4 Å². The summed E-state index contributed by atoms with van der Waals surface area (Å²) in [4.78, 5) is 12.8. The van der Waals surface area contributed by atoms with Crippen molar-refractivity contribution in [2.24, 2.45) is 5.10 Å². The van der Waals surface area contributed by atoms with E-state index in [2.05, 4.69) is 10.5 Å². The molecule has 0 radical (unpaired) electrons. The minimum atomic E-state index is -0.289. The number of nitrogens with one attached hydrogen (secondary N) is 1. The second kappa shape index (κ2) is 6.52. The highest BCUT2D eigenvalue weighted by atomic mass is 35.5. The van der Waals surface area contributed by atoms with Crippen LogP contribution < -0.4 is 5.43 Å². The van der Waals surface area contributed by atoms with Crippen molar-refractivity contribution in [3.05, 3.63) is 69.6 Å². The van der Waals surface area contributed by atoms with Gasteiger partial charge in [0.15, 0.2) is 0 Å². The zero-order chi connectivity index (χ0) is 16.4. The summed E-state index contributed by atoms with van der Waals surface area (Å²) in [5.41, 5.74) is 5.49. The first-order valence-electron chi connectivity index (χ1n) is 7.15. The highest BCUT2D eigenvalue weighted by Gasteiger charge is 2.16. The maximum absolute atomic E-state index is 12.3. The van der Waals surface area contributed by atoms with Crippen LogP contribution in [-0.2, 0) is 0 Å². The Morgan fingerprint density at radius 3 is 2.52 bits per heavy atom. The molecule has 0 atom stereocenters. The summed E-state index contributed by atoms with van der Waals surface area (Å²) in [6.07, 6.45) is 0. The Kier molecular flexibility index (Phi) is 4.46. The van der Waals surface area contributed by atoms with Crippen LogP contribution in [0.2, 0.25) is 5.02 Å². The lowest BCUT2D eigenvalue weighted by Crippen LogP contribution is -2.18. The zero-order valence-corrected chi connectivity index (χ0v) is 14.3. The van der Waals surface area contributed by atoms with Crippen LogP contribution in [0.3, 0.4) is 0 Å². The first kappa shape index (κ1) is 15.7. The Balaban J connectivity index is 1.81. The summed E-state index contributed by atoms with van der Waals surface area (Å²) in [6.45, 7) is 3.89. The van der Waals surface area contributed by atoms with E-state index in [1.54, 1.807) is 0 Å². The summed E-state index contributed by atoms with van der Waals surface area (Å²) in [6, 6.07) is 15.7. The number of rotatable bonds is 3. The normalized spacial score (nSPS) is 11.7. The van der Waals surface area contributed by atoms with Crippen LogP contribution in [0.1, 0.15) is 27.7 Å². The molecule has 0 fully saturated rings. The second-order valence-electron chi connectivity index (χ2n) is 5.25. The van der Waals surface area contributed by atoms with E-state index in [0.717, 1.165) is 21.4 Å². The van der Waals surface area contributed by atoms with Gasteiger partial charge in [-0.1, -0.05) is 59.6 Å². The van der Waals surface area contributed by atoms with Crippen molar-refractivity contribution in [1.82, 2.24) is 5.43 Å². The first-order chi connectivity index (χ1) is 11.1. The lowest BCUT2D eigenvalue weighted by atomic mass is 10.1. The molecule has 1 aromatic heterocycles. The number of hydrazone groups is 1. The number of halogens is 1. The summed E-state index contributed by atoms with van der Waals surface area (Å²) in [7, 11) is 0. The fourth-order valence-corrected chi connectivity index (χ4v) is 3.61. The third-order valence-corrected chi connectivity index (χ3v) is 5.21. The minimum absolute atomic E-state index is 0.289. The molecule has 23 heavy (non-hydrogen) atoms. The lowest BCUT2D eigenvalue weighted by Gasteiger charge is -2.03. The molecular formula is C18H15ClN2OS. The molecular weight excluding hydrogens is 328 g/mol. The Labute approximate surface area is 143 Å². The minimum Gasteiger partial charge on any atom is -0.266 e. The summed E-state index contributed by atoms with van der Waals surface area (Å²) in [5, 5.41) is 5.55. The molecule has 1 N–H and O–H groups in total. The molecule has 0 unspecified atom stereocenters. The van der Waals surface area contributed by atoms with Gasteiger partial charge in [0.05, 0.1) is 10.7 Å². The number of nitrogens with zero attached hydrogens (tertiary/aromatic N) is 1. The van der Waals surface area contributed by atoms with Crippen molar-refractivity contribution >= 4 is 44.6 Å². The highest BCUT2D eigenvalue weighted by Crippen LogP contribution is 2.34. The molecule has 1 heterocycles. The van der Waals surface area contributed by atoms with Gasteiger partial charge in [0, 0.05) is 10.1 Å². The van der Waals surface area contributed by atoms with E-state index in [1.165, 1.54) is 16.9 Å². The third-order valence-electron chi connectivity index (χ3n) is 3.54. The van der Waals surface area contributed by atoms with Crippen molar-refractivity contribution in [1.29, 1.82) is 0 Å². The van der Waals surface area contributed by atoms with Crippen LogP contribution in [0.25, 0.3) is 10.1 Å². The Morgan fingerprint density at radius 1 is 1.13 bits per heavy atom. The molecule has 5 heteroatoms. The number of carbonyl (C=O) groups excluding carboxylic acids is 1. The molecule has 3 nitrogen and oxygen atoms in total. The molecule has 0 aliphatic heterocycles. The fraction of sp³-hybridized carbons (Fsp3) is 0.111. The van der Waals surface area contributed by atoms with E-state index >= 15 is 0 Å². The Bertz CT molecular complexity index is 897. The predicted molar refractivity (Wildman–Crippen MR) is 97.7 cm³/mol. The summed E-state index contributed by atoms with van der Waals surface area (Å²) < 4.78 is 0.988. The third kappa shape index (κ3) is 3.28. The van der Waals surface area contributed by atoms with Gasteiger partial charge in [-0.25, -0.2) is 5.43 Å². The zero-order valence-electron chi connectivity index (χ0n) is 12.8. The van der Waals surface area contributed by atoms with E-state index in [-0.39, 0.29) is 5.91 Å².